The summed E-state index contributed by atoms with van der Waals surface area (Å²) in [5.74, 6) is 0.313. The van der Waals surface area contributed by atoms with Crippen molar-refractivity contribution in [2.45, 2.75) is 38.5 Å². The molecule has 0 spiro atoms. The number of hydrogen-bond donors (Lipinski definition) is 3. The van der Waals surface area contributed by atoms with Gasteiger partial charge in [-0.15, -0.1) is 0 Å². The lowest BCUT2D eigenvalue weighted by atomic mass is 10.1. The van der Waals surface area contributed by atoms with E-state index in [0.717, 1.165) is 19.4 Å². The molecule has 0 amide bonds. The lowest BCUT2D eigenvalue weighted by Crippen LogP contribution is -2.11. The summed E-state index contributed by atoms with van der Waals surface area (Å²) in [5.41, 5.74) is 9.62. The first-order valence-electron chi connectivity index (χ1n) is 6.61. The zero-order chi connectivity index (χ0) is 12.8. The van der Waals surface area contributed by atoms with E-state index in [1.807, 2.05) is 0 Å². The molecule has 18 heavy (non-hydrogen) atoms. The van der Waals surface area contributed by atoms with E-state index in [9.17, 15) is 0 Å². The van der Waals surface area contributed by atoms with E-state index in [0.29, 0.717) is 12.3 Å². The fraction of sp³-hybridized carbons (Fsp3) is 0.500. The van der Waals surface area contributed by atoms with Gasteiger partial charge < -0.3 is 16.3 Å². The Hall–Kier alpha value is -1.71. The van der Waals surface area contributed by atoms with Crippen LogP contribution in [0.5, 0.6) is 0 Å². The molecule has 0 saturated heterocycles. The van der Waals surface area contributed by atoms with Gasteiger partial charge in [0, 0.05) is 18.7 Å². The Kier molecular flexibility index (Phi) is 4.45. The van der Waals surface area contributed by atoms with Crippen LogP contribution in [-0.4, -0.2) is 17.6 Å². The Morgan fingerprint density at radius 2 is 2.11 bits per heavy atom. The first-order chi connectivity index (χ1) is 8.79. The van der Waals surface area contributed by atoms with Crippen molar-refractivity contribution in [1.29, 1.82) is 0 Å². The molecular weight excluding hydrogens is 226 g/mol. The van der Waals surface area contributed by atoms with E-state index in [4.69, 9.17) is 10.9 Å². The van der Waals surface area contributed by atoms with Crippen LogP contribution in [0.2, 0.25) is 0 Å². The molecule has 4 N–H and O–H groups in total. The molecule has 98 valence electrons. The van der Waals surface area contributed by atoms with Crippen LogP contribution in [0, 0.1) is 0 Å². The van der Waals surface area contributed by atoms with E-state index in [2.05, 4.69) is 28.7 Å². The van der Waals surface area contributed by atoms with Gasteiger partial charge in [0.25, 0.3) is 0 Å². The van der Waals surface area contributed by atoms with Gasteiger partial charge >= 0.3 is 0 Å². The second-order valence-electron chi connectivity index (χ2n) is 4.81. The predicted molar refractivity (Wildman–Crippen MR) is 74.2 cm³/mol. The Balaban J connectivity index is 1.71. The molecule has 4 heteroatoms. The summed E-state index contributed by atoms with van der Waals surface area (Å²) in [7, 11) is 0. The van der Waals surface area contributed by atoms with Crippen molar-refractivity contribution in [2.75, 3.05) is 11.9 Å². The maximum Gasteiger partial charge on any atom is 0.139 e. The Morgan fingerprint density at radius 1 is 1.28 bits per heavy atom. The normalized spacial score (nSPS) is 14.6. The molecule has 1 aromatic carbocycles. The highest BCUT2D eigenvalue weighted by atomic mass is 16.4. The minimum Gasteiger partial charge on any atom is -0.409 e. The van der Waals surface area contributed by atoms with Gasteiger partial charge in [-0.25, -0.2) is 0 Å². The molecule has 0 bridgehead atoms. The average Bonchev–Trinajstić information content (AvgIpc) is 2.85. The van der Waals surface area contributed by atoms with Crippen LogP contribution in [0.15, 0.2) is 23.4 Å². The number of nitrogens with one attached hydrogen (secondary N) is 1. The van der Waals surface area contributed by atoms with Gasteiger partial charge in [0.05, 0.1) is 0 Å². The van der Waals surface area contributed by atoms with E-state index in [1.54, 1.807) is 0 Å². The Morgan fingerprint density at radius 3 is 2.94 bits per heavy atom. The first-order valence-corrected chi connectivity index (χ1v) is 6.61. The third-order valence-electron chi connectivity index (χ3n) is 3.42. The maximum atomic E-state index is 8.41. The van der Waals surface area contributed by atoms with Gasteiger partial charge in [-0.05, 0) is 55.4 Å². The van der Waals surface area contributed by atoms with Crippen molar-refractivity contribution < 1.29 is 5.21 Å². The number of anilines is 1. The van der Waals surface area contributed by atoms with Crippen LogP contribution in [0.4, 0.5) is 5.69 Å². The summed E-state index contributed by atoms with van der Waals surface area (Å²) < 4.78 is 0. The minimum absolute atomic E-state index is 0.313. The van der Waals surface area contributed by atoms with Crippen LogP contribution in [-0.2, 0) is 12.8 Å². The summed E-state index contributed by atoms with van der Waals surface area (Å²) >= 11 is 0. The van der Waals surface area contributed by atoms with E-state index < -0.39 is 0 Å². The standard InChI is InChI=1S/C14H21N3O/c15-14(17-18)6-1-2-9-16-13-8-7-11-4-3-5-12(11)10-13/h7-8,10,16,18H,1-6,9H2,(H2,15,17). The van der Waals surface area contributed by atoms with E-state index in [1.165, 1.54) is 36.1 Å². The molecule has 2 rings (SSSR count). The van der Waals surface area contributed by atoms with Crippen LogP contribution >= 0.6 is 0 Å². The molecule has 0 radical (unpaired) electrons. The van der Waals surface area contributed by atoms with Crippen molar-refractivity contribution in [2.24, 2.45) is 10.9 Å². The van der Waals surface area contributed by atoms with Gasteiger partial charge in [0.15, 0.2) is 0 Å². The fourth-order valence-corrected chi connectivity index (χ4v) is 2.40. The largest absolute Gasteiger partial charge is 0.409 e. The number of rotatable bonds is 6. The number of hydrogen-bond acceptors (Lipinski definition) is 3. The highest BCUT2D eigenvalue weighted by Gasteiger charge is 2.10. The molecule has 0 heterocycles. The molecule has 1 aliphatic carbocycles. The zero-order valence-electron chi connectivity index (χ0n) is 10.7. The number of nitrogens with two attached hydrogens (primary N) is 1. The molecule has 0 unspecified atom stereocenters. The lowest BCUT2D eigenvalue weighted by molar-refractivity contribution is 0.316. The Labute approximate surface area is 108 Å². The fourth-order valence-electron chi connectivity index (χ4n) is 2.40. The molecule has 1 aromatic rings. The van der Waals surface area contributed by atoms with Gasteiger partial charge in [0.1, 0.15) is 5.84 Å². The third-order valence-corrected chi connectivity index (χ3v) is 3.42. The first kappa shape index (κ1) is 12.7. The van der Waals surface area contributed by atoms with Crippen LogP contribution in [0.3, 0.4) is 0 Å². The molecule has 0 fully saturated rings. The van der Waals surface area contributed by atoms with E-state index in [-0.39, 0.29) is 0 Å². The van der Waals surface area contributed by atoms with Crippen LogP contribution < -0.4 is 11.1 Å². The zero-order valence-corrected chi connectivity index (χ0v) is 10.7. The van der Waals surface area contributed by atoms with Crippen LogP contribution in [0.25, 0.3) is 0 Å². The van der Waals surface area contributed by atoms with Crippen molar-refractivity contribution in [3.8, 4) is 0 Å². The highest BCUT2D eigenvalue weighted by Crippen LogP contribution is 2.24. The summed E-state index contributed by atoms with van der Waals surface area (Å²) in [6.07, 6.45) is 6.35. The smallest absolute Gasteiger partial charge is 0.139 e. The molecule has 0 saturated carbocycles. The number of benzene rings is 1. The summed E-state index contributed by atoms with van der Waals surface area (Å²) in [4.78, 5) is 0. The number of unbranched alkanes of at least 4 members (excludes halogenated alkanes) is 1. The maximum absolute atomic E-state index is 8.41. The van der Waals surface area contributed by atoms with Gasteiger partial charge in [-0.1, -0.05) is 11.2 Å². The van der Waals surface area contributed by atoms with Crippen LogP contribution in [0.1, 0.15) is 36.8 Å². The predicted octanol–water partition coefficient (Wildman–Crippen LogP) is 2.50. The number of oxime groups is 1. The number of aryl methyl sites for hydroxylation is 2. The number of nitrogens with zero attached hydrogens (tertiary/aromatic N) is 1. The third kappa shape index (κ3) is 3.39. The summed E-state index contributed by atoms with van der Waals surface area (Å²) in [6.45, 7) is 0.928. The molecule has 0 aromatic heterocycles. The van der Waals surface area contributed by atoms with E-state index >= 15 is 0 Å². The number of fused-ring (bicyclic) bond motifs is 1. The molecule has 0 atom stereocenters. The molecular formula is C14H21N3O. The average molecular weight is 247 g/mol. The summed E-state index contributed by atoms with van der Waals surface area (Å²) in [5, 5.41) is 14.8. The quantitative estimate of drug-likeness (QED) is 0.238. The topological polar surface area (TPSA) is 70.6 Å². The molecule has 0 aliphatic heterocycles. The lowest BCUT2D eigenvalue weighted by Gasteiger charge is -2.08. The molecule has 4 nitrogen and oxygen atoms in total. The second kappa shape index (κ2) is 6.28. The highest BCUT2D eigenvalue weighted by molar-refractivity contribution is 5.79. The SMILES string of the molecule is NC(CCCCNc1ccc2c(c1)CCC2)=NO. The van der Waals surface area contributed by atoms with Crippen molar-refractivity contribution >= 4 is 11.5 Å². The van der Waals surface area contributed by atoms with Crippen molar-refractivity contribution in [3.05, 3.63) is 29.3 Å². The van der Waals surface area contributed by atoms with Gasteiger partial charge in [-0.3, -0.25) is 0 Å². The second-order valence-corrected chi connectivity index (χ2v) is 4.81. The van der Waals surface area contributed by atoms with Gasteiger partial charge in [0.2, 0.25) is 0 Å². The van der Waals surface area contributed by atoms with Gasteiger partial charge in [-0.2, -0.15) is 0 Å². The Bertz CT molecular complexity index is 429. The monoisotopic (exact) mass is 247 g/mol. The minimum atomic E-state index is 0.313. The van der Waals surface area contributed by atoms with Crippen molar-refractivity contribution in [1.82, 2.24) is 0 Å². The number of amidine groups is 1. The van der Waals surface area contributed by atoms with Crippen molar-refractivity contribution in [3.63, 3.8) is 0 Å². The summed E-state index contributed by atoms with van der Waals surface area (Å²) in [6, 6.07) is 6.67. The molecule has 1 aliphatic rings.